The monoisotopic (exact) mass is 241 g/mol. The summed E-state index contributed by atoms with van der Waals surface area (Å²) < 4.78 is 0. The first-order chi connectivity index (χ1) is 8.11. The van der Waals surface area contributed by atoms with Crippen LogP contribution in [0.25, 0.3) is 0 Å². The Balaban J connectivity index is 2.11. The van der Waals surface area contributed by atoms with E-state index in [0.29, 0.717) is 25.0 Å². The van der Waals surface area contributed by atoms with Gasteiger partial charge in [0, 0.05) is 25.0 Å². The summed E-state index contributed by atoms with van der Waals surface area (Å²) in [5.41, 5.74) is 2.50. The standard InChI is InChI=1S/C11H23N5O/c1-8(2)14-11(16-12)13-7-3-4-10(17)15-9-5-6-9/h8-9H,3-7,12H2,1-2H3,(H,15,17)(H2,13,14,16). The Morgan fingerprint density at radius 3 is 2.71 bits per heavy atom. The highest BCUT2D eigenvalue weighted by Gasteiger charge is 2.22. The number of carbonyl (C=O) groups is 1. The zero-order valence-corrected chi connectivity index (χ0v) is 10.6. The van der Waals surface area contributed by atoms with Crippen molar-refractivity contribution in [2.75, 3.05) is 6.54 Å². The molecule has 17 heavy (non-hydrogen) atoms. The van der Waals surface area contributed by atoms with Crippen LogP contribution in [0.2, 0.25) is 0 Å². The van der Waals surface area contributed by atoms with Crippen LogP contribution in [0.3, 0.4) is 0 Å². The van der Waals surface area contributed by atoms with Gasteiger partial charge in [0.05, 0.1) is 0 Å². The molecule has 0 aromatic carbocycles. The van der Waals surface area contributed by atoms with Gasteiger partial charge in [-0.15, -0.1) is 0 Å². The number of aliphatic imine (C=N–C) groups is 1. The average Bonchev–Trinajstić information content (AvgIpc) is 3.05. The number of hydrogen-bond acceptors (Lipinski definition) is 3. The van der Waals surface area contributed by atoms with E-state index in [0.717, 1.165) is 19.3 Å². The molecule has 0 aromatic rings. The quantitative estimate of drug-likeness (QED) is 0.171. The van der Waals surface area contributed by atoms with Crippen LogP contribution in [-0.4, -0.2) is 30.5 Å². The van der Waals surface area contributed by atoms with Crippen molar-refractivity contribution in [3.8, 4) is 0 Å². The Hall–Kier alpha value is -1.30. The van der Waals surface area contributed by atoms with Crippen LogP contribution in [0.1, 0.15) is 39.5 Å². The Morgan fingerprint density at radius 2 is 2.18 bits per heavy atom. The van der Waals surface area contributed by atoms with Crippen molar-refractivity contribution < 1.29 is 4.79 Å². The van der Waals surface area contributed by atoms with Crippen LogP contribution >= 0.6 is 0 Å². The fourth-order valence-corrected chi connectivity index (χ4v) is 1.36. The van der Waals surface area contributed by atoms with E-state index in [-0.39, 0.29) is 11.9 Å². The van der Waals surface area contributed by atoms with Gasteiger partial charge in [-0.3, -0.25) is 15.2 Å². The Morgan fingerprint density at radius 1 is 1.47 bits per heavy atom. The molecular weight excluding hydrogens is 218 g/mol. The second-order valence-corrected chi connectivity index (χ2v) is 4.62. The van der Waals surface area contributed by atoms with Crippen molar-refractivity contribution in [1.29, 1.82) is 0 Å². The normalized spacial score (nSPS) is 15.9. The first kappa shape index (κ1) is 13.8. The van der Waals surface area contributed by atoms with E-state index in [2.05, 4.69) is 21.1 Å². The molecule has 0 aromatic heterocycles. The number of amides is 1. The SMILES string of the molecule is CC(C)NC(=NCCCC(=O)NC1CC1)NN. The third-order valence-corrected chi connectivity index (χ3v) is 2.34. The number of hydrogen-bond donors (Lipinski definition) is 4. The molecule has 0 spiro atoms. The molecule has 6 heteroatoms. The van der Waals surface area contributed by atoms with Gasteiger partial charge >= 0.3 is 0 Å². The van der Waals surface area contributed by atoms with E-state index in [4.69, 9.17) is 5.84 Å². The van der Waals surface area contributed by atoms with E-state index < -0.39 is 0 Å². The predicted molar refractivity (Wildman–Crippen MR) is 68.3 cm³/mol. The van der Waals surface area contributed by atoms with Crippen molar-refractivity contribution in [3.05, 3.63) is 0 Å². The van der Waals surface area contributed by atoms with Gasteiger partial charge in [0.1, 0.15) is 0 Å². The van der Waals surface area contributed by atoms with E-state index >= 15 is 0 Å². The lowest BCUT2D eigenvalue weighted by Crippen LogP contribution is -2.44. The van der Waals surface area contributed by atoms with Crippen LogP contribution in [0, 0.1) is 0 Å². The molecule has 1 saturated carbocycles. The number of nitrogens with zero attached hydrogens (tertiary/aromatic N) is 1. The molecule has 0 unspecified atom stereocenters. The fraction of sp³-hybridized carbons (Fsp3) is 0.818. The smallest absolute Gasteiger partial charge is 0.220 e. The predicted octanol–water partition coefficient (Wildman–Crippen LogP) is -0.137. The summed E-state index contributed by atoms with van der Waals surface area (Å²) in [7, 11) is 0. The summed E-state index contributed by atoms with van der Waals surface area (Å²) in [5.74, 6) is 6.01. The highest BCUT2D eigenvalue weighted by atomic mass is 16.1. The van der Waals surface area contributed by atoms with Crippen LogP contribution in [0.15, 0.2) is 4.99 Å². The van der Waals surface area contributed by atoms with Crippen molar-refractivity contribution in [1.82, 2.24) is 16.1 Å². The molecule has 5 N–H and O–H groups in total. The maximum Gasteiger partial charge on any atom is 0.220 e. The minimum atomic E-state index is 0.127. The highest BCUT2D eigenvalue weighted by molar-refractivity contribution is 5.79. The Labute approximate surface area is 102 Å². The van der Waals surface area contributed by atoms with E-state index in [1.54, 1.807) is 0 Å². The van der Waals surface area contributed by atoms with E-state index in [1.165, 1.54) is 0 Å². The van der Waals surface area contributed by atoms with Crippen molar-refractivity contribution >= 4 is 11.9 Å². The first-order valence-electron chi connectivity index (χ1n) is 6.18. The summed E-state index contributed by atoms with van der Waals surface area (Å²) in [5, 5.41) is 6.02. The number of nitrogens with one attached hydrogen (secondary N) is 3. The molecule has 0 heterocycles. The molecule has 0 atom stereocenters. The van der Waals surface area contributed by atoms with Crippen molar-refractivity contribution in [2.24, 2.45) is 10.8 Å². The summed E-state index contributed by atoms with van der Waals surface area (Å²) in [6, 6.07) is 0.720. The van der Waals surface area contributed by atoms with Crippen molar-refractivity contribution in [3.63, 3.8) is 0 Å². The molecule has 6 nitrogen and oxygen atoms in total. The third kappa shape index (κ3) is 6.78. The molecule has 0 saturated heterocycles. The minimum absolute atomic E-state index is 0.127. The largest absolute Gasteiger partial charge is 0.353 e. The zero-order chi connectivity index (χ0) is 12.7. The lowest BCUT2D eigenvalue weighted by molar-refractivity contribution is -0.121. The topological polar surface area (TPSA) is 91.5 Å². The summed E-state index contributed by atoms with van der Waals surface area (Å²) in [6.45, 7) is 4.61. The van der Waals surface area contributed by atoms with Crippen LogP contribution in [-0.2, 0) is 4.79 Å². The summed E-state index contributed by atoms with van der Waals surface area (Å²) >= 11 is 0. The van der Waals surface area contributed by atoms with Crippen molar-refractivity contribution in [2.45, 2.75) is 51.6 Å². The molecule has 1 amide bonds. The van der Waals surface area contributed by atoms with Gasteiger partial charge < -0.3 is 10.6 Å². The zero-order valence-electron chi connectivity index (χ0n) is 10.6. The Kier molecular flexibility index (Phi) is 5.76. The van der Waals surface area contributed by atoms with E-state index in [9.17, 15) is 4.79 Å². The highest BCUT2D eigenvalue weighted by Crippen LogP contribution is 2.18. The molecule has 1 aliphatic rings. The van der Waals surface area contributed by atoms with Gasteiger partial charge in [0.25, 0.3) is 0 Å². The van der Waals surface area contributed by atoms with Gasteiger partial charge in [-0.25, -0.2) is 5.84 Å². The lowest BCUT2D eigenvalue weighted by atomic mass is 10.3. The average molecular weight is 241 g/mol. The maximum absolute atomic E-state index is 11.4. The van der Waals surface area contributed by atoms with Crippen LogP contribution in [0.5, 0.6) is 0 Å². The lowest BCUT2D eigenvalue weighted by Gasteiger charge is -2.11. The summed E-state index contributed by atoms with van der Waals surface area (Å²) in [4.78, 5) is 15.6. The maximum atomic E-state index is 11.4. The van der Waals surface area contributed by atoms with Gasteiger partial charge in [-0.2, -0.15) is 0 Å². The molecule has 1 aliphatic carbocycles. The molecule has 0 bridgehead atoms. The number of carbonyl (C=O) groups excluding carboxylic acids is 1. The molecule has 0 radical (unpaired) electrons. The van der Waals surface area contributed by atoms with Gasteiger partial charge in [-0.1, -0.05) is 0 Å². The fourth-order valence-electron chi connectivity index (χ4n) is 1.36. The van der Waals surface area contributed by atoms with Crippen LogP contribution < -0.4 is 21.9 Å². The second kappa shape index (κ2) is 7.11. The minimum Gasteiger partial charge on any atom is -0.353 e. The van der Waals surface area contributed by atoms with E-state index in [1.807, 2.05) is 13.8 Å². The first-order valence-corrected chi connectivity index (χ1v) is 6.18. The molecule has 1 rings (SSSR count). The second-order valence-electron chi connectivity index (χ2n) is 4.62. The van der Waals surface area contributed by atoms with Gasteiger partial charge in [0.15, 0.2) is 0 Å². The van der Waals surface area contributed by atoms with Gasteiger partial charge in [-0.05, 0) is 33.1 Å². The molecule has 98 valence electrons. The van der Waals surface area contributed by atoms with Crippen LogP contribution in [0.4, 0.5) is 0 Å². The van der Waals surface area contributed by atoms with Gasteiger partial charge in [0.2, 0.25) is 11.9 Å². The summed E-state index contributed by atoms with van der Waals surface area (Å²) in [6.07, 6.45) is 3.52. The number of rotatable bonds is 6. The molecule has 1 fully saturated rings. The molecular formula is C11H23N5O. The number of hydrazine groups is 1. The Bertz CT molecular complexity index is 273. The molecule has 0 aliphatic heterocycles. The number of nitrogens with two attached hydrogens (primary N) is 1. The number of guanidine groups is 1. The third-order valence-electron chi connectivity index (χ3n) is 2.34.